The Morgan fingerprint density at radius 2 is 2.04 bits per heavy atom. The number of thiazole rings is 1. The summed E-state index contributed by atoms with van der Waals surface area (Å²) in [6, 6.07) is 7.99. The van der Waals surface area contributed by atoms with Gasteiger partial charge in [-0.05, 0) is 51.5 Å². The second-order valence-corrected chi connectivity index (χ2v) is 8.46. The monoisotopic (exact) mass is 400 g/mol. The Labute approximate surface area is 170 Å². The standard InChI is InChI=1S/C22H28N2O3S/c1-2-27-19-9-5-3-7-16(19)15-21(25)24(17-11-13-26-14-12-17)22-23-18-8-4-6-10-20(18)28-22/h3,5,7,9,17H,2,4,6,8,10-15H2,1H3. The quantitative estimate of drug-likeness (QED) is 0.730. The molecule has 1 aliphatic heterocycles. The maximum atomic E-state index is 13.5. The van der Waals surface area contributed by atoms with E-state index in [9.17, 15) is 4.79 Å². The number of hydrogen-bond donors (Lipinski definition) is 0. The topological polar surface area (TPSA) is 51.7 Å². The van der Waals surface area contributed by atoms with Crippen LogP contribution in [0.3, 0.4) is 0 Å². The van der Waals surface area contributed by atoms with Gasteiger partial charge in [-0.15, -0.1) is 11.3 Å². The van der Waals surface area contributed by atoms with E-state index in [2.05, 4.69) is 0 Å². The lowest BCUT2D eigenvalue weighted by Crippen LogP contribution is -2.44. The van der Waals surface area contributed by atoms with E-state index in [4.69, 9.17) is 14.5 Å². The van der Waals surface area contributed by atoms with Crippen molar-refractivity contribution in [2.24, 2.45) is 0 Å². The lowest BCUT2D eigenvalue weighted by atomic mass is 10.0. The third kappa shape index (κ3) is 4.23. The molecule has 2 heterocycles. The van der Waals surface area contributed by atoms with Crippen molar-refractivity contribution >= 4 is 22.4 Å². The van der Waals surface area contributed by atoms with Crippen LogP contribution in [0.1, 0.15) is 48.7 Å². The average Bonchev–Trinajstić information content (AvgIpc) is 3.14. The molecule has 2 aromatic rings. The molecule has 1 aromatic heterocycles. The number of carbonyl (C=O) groups is 1. The predicted octanol–water partition coefficient (Wildman–Crippen LogP) is 4.18. The summed E-state index contributed by atoms with van der Waals surface area (Å²) in [5.41, 5.74) is 2.14. The second kappa shape index (κ2) is 9.05. The van der Waals surface area contributed by atoms with Crippen molar-refractivity contribution in [3.05, 3.63) is 40.4 Å². The zero-order valence-corrected chi connectivity index (χ0v) is 17.3. The Bertz CT molecular complexity index is 790. The lowest BCUT2D eigenvalue weighted by Gasteiger charge is -2.32. The first-order chi connectivity index (χ1) is 13.8. The van der Waals surface area contributed by atoms with E-state index in [0.29, 0.717) is 26.2 Å². The van der Waals surface area contributed by atoms with Gasteiger partial charge < -0.3 is 9.47 Å². The Kier molecular flexibility index (Phi) is 6.27. The lowest BCUT2D eigenvalue weighted by molar-refractivity contribution is -0.118. The normalized spacial score (nSPS) is 17.2. The van der Waals surface area contributed by atoms with Crippen LogP contribution in [0.2, 0.25) is 0 Å². The number of benzene rings is 1. The van der Waals surface area contributed by atoms with Gasteiger partial charge >= 0.3 is 0 Å². The number of ether oxygens (including phenoxy) is 2. The van der Waals surface area contributed by atoms with Gasteiger partial charge in [0.15, 0.2) is 5.13 Å². The fourth-order valence-electron chi connectivity index (χ4n) is 4.05. The number of amides is 1. The van der Waals surface area contributed by atoms with E-state index >= 15 is 0 Å². The summed E-state index contributed by atoms with van der Waals surface area (Å²) in [4.78, 5) is 21.7. The molecule has 5 nitrogen and oxygen atoms in total. The van der Waals surface area contributed by atoms with Crippen molar-refractivity contribution in [3.8, 4) is 5.75 Å². The number of aryl methyl sites for hydroxylation is 2. The van der Waals surface area contributed by atoms with Crippen LogP contribution >= 0.6 is 11.3 Å². The first kappa shape index (κ1) is 19.4. The third-order valence-electron chi connectivity index (χ3n) is 5.48. The highest BCUT2D eigenvalue weighted by atomic mass is 32.1. The largest absolute Gasteiger partial charge is 0.494 e. The molecule has 1 amide bonds. The molecule has 0 saturated carbocycles. The summed E-state index contributed by atoms with van der Waals surface area (Å²) in [6.45, 7) is 3.96. The van der Waals surface area contributed by atoms with Gasteiger partial charge in [-0.2, -0.15) is 0 Å². The minimum Gasteiger partial charge on any atom is -0.494 e. The molecule has 0 bridgehead atoms. The van der Waals surface area contributed by atoms with Crippen LogP contribution in [0.4, 0.5) is 5.13 Å². The van der Waals surface area contributed by atoms with Gasteiger partial charge in [0, 0.05) is 29.7 Å². The number of aromatic nitrogens is 1. The first-order valence-electron chi connectivity index (χ1n) is 10.4. The van der Waals surface area contributed by atoms with E-state index < -0.39 is 0 Å². The molecular formula is C22H28N2O3S. The molecule has 6 heteroatoms. The first-order valence-corrected chi connectivity index (χ1v) is 11.2. The van der Waals surface area contributed by atoms with E-state index in [1.54, 1.807) is 11.3 Å². The van der Waals surface area contributed by atoms with Crippen LogP contribution in [0.25, 0.3) is 0 Å². The Hall–Kier alpha value is -1.92. The molecule has 28 heavy (non-hydrogen) atoms. The molecule has 0 N–H and O–H groups in total. The minimum atomic E-state index is 0.102. The number of nitrogens with zero attached hydrogens (tertiary/aromatic N) is 2. The number of carbonyl (C=O) groups excluding carboxylic acids is 1. The highest BCUT2D eigenvalue weighted by Gasteiger charge is 2.31. The Balaban J connectivity index is 1.61. The number of fused-ring (bicyclic) bond motifs is 1. The van der Waals surface area contributed by atoms with Gasteiger partial charge in [-0.3, -0.25) is 9.69 Å². The highest BCUT2D eigenvalue weighted by molar-refractivity contribution is 7.16. The van der Waals surface area contributed by atoms with Gasteiger partial charge in [0.05, 0.1) is 18.7 Å². The fraction of sp³-hybridized carbons (Fsp3) is 0.545. The molecule has 1 aliphatic carbocycles. The van der Waals surface area contributed by atoms with E-state index in [1.165, 1.54) is 23.4 Å². The predicted molar refractivity (Wildman–Crippen MR) is 111 cm³/mol. The molecule has 2 aliphatic rings. The summed E-state index contributed by atoms with van der Waals surface area (Å²) in [5.74, 6) is 0.897. The molecule has 4 rings (SSSR count). The summed E-state index contributed by atoms with van der Waals surface area (Å²) in [5, 5.41) is 0.873. The van der Waals surface area contributed by atoms with Crippen LogP contribution < -0.4 is 9.64 Å². The average molecular weight is 401 g/mol. The van der Waals surface area contributed by atoms with Crippen molar-refractivity contribution in [1.29, 1.82) is 0 Å². The van der Waals surface area contributed by atoms with Crippen LogP contribution in [0.5, 0.6) is 5.75 Å². The molecule has 0 spiro atoms. The van der Waals surface area contributed by atoms with Crippen LogP contribution in [-0.2, 0) is 28.8 Å². The van der Waals surface area contributed by atoms with Crippen molar-refractivity contribution in [1.82, 2.24) is 4.98 Å². The number of anilines is 1. The van der Waals surface area contributed by atoms with E-state index in [1.807, 2.05) is 36.1 Å². The fourth-order valence-corrected chi connectivity index (χ4v) is 5.28. The van der Waals surface area contributed by atoms with Gasteiger partial charge in [-0.1, -0.05) is 18.2 Å². The Morgan fingerprint density at radius 3 is 2.82 bits per heavy atom. The molecular weight excluding hydrogens is 372 g/mol. The van der Waals surface area contributed by atoms with Gasteiger partial charge in [0.25, 0.3) is 0 Å². The molecule has 0 radical (unpaired) electrons. The molecule has 1 aromatic carbocycles. The minimum absolute atomic E-state index is 0.102. The molecule has 150 valence electrons. The van der Waals surface area contributed by atoms with Gasteiger partial charge in [0.1, 0.15) is 5.75 Å². The van der Waals surface area contributed by atoms with Gasteiger partial charge in [0.2, 0.25) is 5.91 Å². The molecule has 1 fully saturated rings. The van der Waals surface area contributed by atoms with Crippen LogP contribution in [0.15, 0.2) is 24.3 Å². The van der Waals surface area contributed by atoms with Crippen molar-refractivity contribution < 1.29 is 14.3 Å². The van der Waals surface area contributed by atoms with Gasteiger partial charge in [-0.25, -0.2) is 4.98 Å². The van der Waals surface area contributed by atoms with Crippen molar-refractivity contribution in [2.45, 2.75) is 57.9 Å². The summed E-state index contributed by atoms with van der Waals surface area (Å²) in [7, 11) is 0. The maximum Gasteiger partial charge on any atom is 0.233 e. The maximum absolute atomic E-state index is 13.5. The number of para-hydroxylation sites is 1. The molecule has 0 unspecified atom stereocenters. The summed E-state index contributed by atoms with van der Waals surface area (Å²) in [6.07, 6.45) is 6.61. The van der Waals surface area contributed by atoms with Crippen molar-refractivity contribution in [3.63, 3.8) is 0 Å². The smallest absolute Gasteiger partial charge is 0.233 e. The SMILES string of the molecule is CCOc1ccccc1CC(=O)N(c1nc2c(s1)CCCC2)C1CCOCC1. The Morgan fingerprint density at radius 1 is 1.25 bits per heavy atom. The third-order valence-corrected chi connectivity index (χ3v) is 6.64. The summed E-state index contributed by atoms with van der Waals surface area (Å²) >= 11 is 1.71. The number of rotatable bonds is 6. The highest BCUT2D eigenvalue weighted by Crippen LogP contribution is 2.35. The second-order valence-electron chi connectivity index (χ2n) is 7.40. The molecule has 0 atom stereocenters. The summed E-state index contributed by atoms with van der Waals surface area (Å²) < 4.78 is 11.3. The van der Waals surface area contributed by atoms with E-state index in [-0.39, 0.29) is 11.9 Å². The van der Waals surface area contributed by atoms with E-state index in [0.717, 1.165) is 42.1 Å². The number of hydrogen-bond acceptors (Lipinski definition) is 5. The molecule has 1 saturated heterocycles. The zero-order chi connectivity index (χ0) is 19.3. The van der Waals surface area contributed by atoms with Crippen molar-refractivity contribution in [2.75, 3.05) is 24.7 Å². The van der Waals surface area contributed by atoms with Crippen LogP contribution in [-0.4, -0.2) is 36.8 Å². The van der Waals surface area contributed by atoms with Crippen LogP contribution in [0, 0.1) is 0 Å². The zero-order valence-electron chi connectivity index (χ0n) is 16.5.